The molecule has 0 aliphatic carbocycles. The molecule has 0 aromatic carbocycles. The van der Waals surface area contributed by atoms with Crippen LogP contribution in [-0.4, -0.2) is 28.0 Å². The minimum Gasteiger partial charge on any atom is -0.350 e. The number of aromatic nitrogens is 2. The van der Waals surface area contributed by atoms with Gasteiger partial charge in [0.1, 0.15) is 5.69 Å². The summed E-state index contributed by atoms with van der Waals surface area (Å²) in [5.74, 6) is 0.495. The number of carbonyl (C=O) groups excluding carboxylic acids is 1. The highest BCUT2D eigenvalue weighted by molar-refractivity contribution is 7.80. The molecule has 0 radical (unpaired) electrons. The SMILES string of the molecule is Cc1cc(C(=O)NCCS)nn1C. The van der Waals surface area contributed by atoms with Crippen molar-refractivity contribution >= 4 is 18.5 Å². The number of nitrogens with one attached hydrogen (secondary N) is 1. The molecule has 1 heterocycles. The molecule has 1 amide bonds. The highest BCUT2D eigenvalue weighted by Crippen LogP contribution is 2.00. The number of carbonyl (C=O) groups is 1. The molecule has 13 heavy (non-hydrogen) atoms. The monoisotopic (exact) mass is 199 g/mol. The van der Waals surface area contributed by atoms with Crippen LogP contribution in [0.2, 0.25) is 0 Å². The van der Waals surface area contributed by atoms with Crippen LogP contribution in [0.5, 0.6) is 0 Å². The molecule has 0 saturated carbocycles. The van der Waals surface area contributed by atoms with Gasteiger partial charge in [-0.2, -0.15) is 17.7 Å². The molecule has 4 nitrogen and oxygen atoms in total. The van der Waals surface area contributed by atoms with Gasteiger partial charge in [0.15, 0.2) is 0 Å². The Kier molecular flexibility index (Phi) is 3.36. The molecule has 5 heteroatoms. The van der Waals surface area contributed by atoms with Gasteiger partial charge < -0.3 is 5.32 Å². The second kappa shape index (κ2) is 4.32. The molecule has 0 atom stereocenters. The first-order valence-electron chi connectivity index (χ1n) is 4.05. The number of nitrogens with zero attached hydrogens (tertiary/aromatic N) is 2. The van der Waals surface area contributed by atoms with Crippen molar-refractivity contribution in [3.63, 3.8) is 0 Å². The van der Waals surface area contributed by atoms with E-state index in [9.17, 15) is 4.79 Å². The van der Waals surface area contributed by atoms with Crippen LogP contribution in [0.4, 0.5) is 0 Å². The Morgan fingerprint density at radius 3 is 2.92 bits per heavy atom. The first-order valence-corrected chi connectivity index (χ1v) is 4.68. The first-order chi connectivity index (χ1) is 6.15. The molecule has 0 aliphatic heterocycles. The predicted molar refractivity (Wildman–Crippen MR) is 54.1 cm³/mol. The molecular formula is C8H13N3OS. The maximum Gasteiger partial charge on any atom is 0.271 e. The molecule has 0 saturated heterocycles. The van der Waals surface area contributed by atoms with Crippen molar-refractivity contribution in [1.82, 2.24) is 15.1 Å². The van der Waals surface area contributed by atoms with Crippen LogP contribution in [0.15, 0.2) is 6.07 Å². The fourth-order valence-electron chi connectivity index (χ4n) is 0.932. The average molecular weight is 199 g/mol. The summed E-state index contributed by atoms with van der Waals surface area (Å²) in [6.07, 6.45) is 0. The number of thiol groups is 1. The van der Waals surface area contributed by atoms with E-state index in [1.54, 1.807) is 10.7 Å². The minimum atomic E-state index is -0.141. The Morgan fingerprint density at radius 1 is 1.77 bits per heavy atom. The van der Waals surface area contributed by atoms with Gasteiger partial charge in [0.05, 0.1) is 0 Å². The fraction of sp³-hybridized carbons (Fsp3) is 0.500. The number of hydrogen-bond acceptors (Lipinski definition) is 3. The van der Waals surface area contributed by atoms with Crippen LogP contribution in [0.3, 0.4) is 0 Å². The Balaban J connectivity index is 2.66. The Morgan fingerprint density at radius 2 is 2.46 bits per heavy atom. The summed E-state index contributed by atoms with van der Waals surface area (Å²) in [6.45, 7) is 2.47. The van der Waals surface area contributed by atoms with Crippen molar-refractivity contribution in [1.29, 1.82) is 0 Å². The molecule has 1 aromatic rings. The van der Waals surface area contributed by atoms with Crippen LogP contribution in [0.1, 0.15) is 16.2 Å². The zero-order valence-corrected chi connectivity index (χ0v) is 8.64. The van der Waals surface area contributed by atoms with E-state index in [0.29, 0.717) is 18.0 Å². The van der Waals surface area contributed by atoms with Crippen molar-refractivity contribution in [3.05, 3.63) is 17.5 Å². The van der Waals surface area contributed by atoms with Gasteiger partial charge in [0, 0.05) is 25.0 Å². The normalized spacial score (nSPS) is 10.1. The smallest absolute Gasteiger partial charge is 0.271 e. The zero-order valence-electron chi connectivity index (χ0n) is 7.74. The number of hydrogen-bond donors (Lipinski definition) is 2. The van der Waals surface area contributed by atoms with E-state index in [-0.39, 0.29) is 5.91 Å². The molecule has 0 aliphatic rings. The number of amides is 1. The van der Waals surface area contributed by atoms with Crippen LogP contribution in [0, 0.1) is 6.92 Å². The van der Waals surface area contributed by atoms with E-state index in [4.69, 9.17) is 0 Å². The molecular weight excluding hydrogens is 186 g/mol. The number of aryl methyl sites for hydroxylation is 2. The Hall–Kier alpha value is -0.970. The third-order valence-electron chi connectivity index (χ3n) is 1.74. The van der Waals surface area contributed by atoms with Crippen LogP contribution in [0.25, 0.3) is 0 Å². The fourth-order valence-corrected chi connectivity index (χ4v) is 1.04. The minimum absolute atomic E-state index is 0.141. The van der Waals surface area contributed by atoms with E-state index in [0.717, 1.165) is 5.69 Å². The lowest BCUT2D eigenvalue weighted by atomic mass is 10.3. The second-order valence-electron chi connectivity index (χ2n) is 2.77. The van der Waals surface area contributed by atoms with Gasteiger partial charge in [-0.25, -0.2) is 0 Å². The molecule has 72 valence electrons. The van der Waals surface area contributed by atoms with Crippen molar-refractivity contribution in [2.24, 2.45) is 7.05 Å². The maximum absolute atomic E-state index is 11.3. The second-order valence-corrected chi connectivity index (χ2v) is 3.22. The third kappa shape index (κ3) is 2.48. The van der Waals surface area contributed by atoms with E-state index < -0.39 is 0 Å². The van der Waals surface area contributed by atoms with Gasteiger partial charge in [-0.1, -0.05) is 0 Å². The molecule has 1 aromatic heterocycles. The predicted octanol–water partition coefficient (Wildman–Crippen LogP) is 0.388. The first kappa shape index (κ1) is 10.1. The van der Waals surface area contributed by atoms with Crippen LogP contribution >= 0.6 is 12.6 Å². The quantitative estimate of drug-likeness (QED) is 0.692. The lowest BCUT2D eigenvalue weighted by Crippen LogP contribution is -2.25. The van der Waals surface area contributed by atoms with E-state index in [1.165, 1.54) is 0 Å². The molecule has 0 bridgehead atoms. The third-order valence-corrected chi connectivity index (χ3v) is 1.97. The largest absolute Gasteiger partial charge is 0.350 e. The lowest BCUT2D eigenvalue weighted by molar-refractivity contribution is 0.0950. The molecule has 1 rings (SSSR count). The highest BCUT2D eigenvalue weighted by Gasteiger charge is 2.09. The highest BCUT2D eigenvalue weighted by atomic mass is 32.1. The summed E-state index contributed by atoms with van der Waals surface area (Å²) in [7, 11) is 1.81. The topological polar surface area (TPSA) is 46.9 Å². The standard InChI is InChI=1S/C8H13N3OS/c1-6-5-7(10-11(6)2)8(12)9-3-4-13/h5,13H,3-4H2,1-2H3,(H,9,12). The van der Waals surface area contributed by atoms with Crippen LogP contribution in [-0.2, 0) is 7.05 Å². The summed E-state index contributed by atoms with van der Waals surface area (Å²) in [5, 5.41) is 6.74. The molecule has 0 fully saturated rings. The average Bonchev–Trinajstić information content (AvgIpc) is 2.43. The summed E-state index contributed by atoms with van der Waals surface area (Å²) in [5.41, 5.74) is 1.43. The molecule has 0 spiro atoms. The zero-order chi connectivity index (χ0) is 9.84. The van der Waals surface area contributed by atoms with Gasteiger partial charge >= 0.3 is 0 Å². The summed E-state index contributed by atoms with van der Waals surface area (Å²) in [4.78, 5) is 11.3. The molecule has 0 unspecified atom stereocenters. The van der Waals surface area contributed by atoms with Crippen molar-refractivity contribution in [3.8, 4) is 0 Å². The van der Waals surface area contributed by atoms with Gasteiger partial charge in [-0.3, -0.25) is 9.48 Å². The van der Waals surface area contributed by atoms with E-state index in [2.05, 4.69) is 23.0 Å². The van der Waals surface area contributed by atoms with Crippen molar-refractivity contribution in [2.75, 3.05) is 12.3 Å². The maximum atomic E-state index is 11.3. The van der Waals surface area contributed by atoms with Gasteiger partial charge in [0.25, 0.3) is 5.91 Å². The lowest BCUT2D eigenvalue weighted by Gasteiger charge is -1.98. The van der Waals surface area contributed by atoms with Gasteiger partial charge in [-0.15, -0.1) is 0 Å². The summed E-state index contributed by atoms with van der Waals surface area (Å²) < 4.78 is 1.68. The Labute approximate surface area is 82.7 Å². The Bertz CT molecular complexity index is 289. The van der Waals surface area contributed by atoms with Crippen molar-refractivity contribution < 1.29 is 4.79 Å². The molecule has 1 N–H and O–H groups in total. The van der Waals surface area contributed by atoms with Gasteiger partial charge in [-0.05, 0) is 13.0 Å². The summed E-state index contributed by atoms with van der Waals surface area (Å²) >= 11 is 3.99. The summed E-state index contributed by atoms with van der Waals surface area (Å²) in [6, 6.07) is 1.76. The van der Waals surface area contributed by atoms with Crippen molar-refractivity contribution in [2.45, 2.75) is 6.92 Å². The number of rotatable bonds is 3. The van der Waals surface area contributed by atoms with Crippen LogP contribution < -0.4 is 5.32 Å². The van der Waals surface area contributed by atoms with E-state index in [1.807, 2.05) is 14.0 Å². The van der Waals surface area contributed by atoms with E-state index >= 15 is 0 Å². The van der Waals surface area contributed by atoms with Gasteiger partial charge in [0.2, 0.25) is 0 Å².